The number of thiocarbonyl (C=S) groups is 1. The number of hydrogen-bond acceptors (Lipinski definition) is 4. The molecule has 1 saturated carbocycles. The fourth-order valence-electron chi connectivity index (χ4n) is 2.23. The van der Waals surface area contributed by atoms with Gasteiger partial charge in [-0.25, -0.2) is 0 Å². The second-order valence-corrected chi connectivity index (χ2v) is 5.71. The number of carbonyl (C=O) groups is 2. The van der Waals surface area contributed by atoms with Crippen LogP contribution in [-0.4, -0.2) is 40.6 Å². The minimum atomic E-state index is -0.812. The number of unbranched alkanes of at least 4 members (excludes halogenated alkanes) is 3. The molecule has 2 fully saturated rings. The number of carbonyl (C=O) groups excluding carboxylic acids is 2. The van der Waals surface area contributed by atoms with Gasteiger partial charge >= 0.3 is 0 Å². The van der Waals surface area contributed by atoms with Gasteiger partial charge in [0, 0.05) is 18.8 Å². The van der Waals surface area contributed by atoms with Crippen molar-refractivity contribution in [2.45, 2.75) is 51.5 Å². The Morgan fingerprint density at radius 3 is 2.75 bits per heavy atom. The maximum Gasteiger partial charge on any atom is 0.247 e. The van der Waals surface area contributed by atoms with Gasteiger partial charge in [-0.15, -0.1) is 0 Å². The second kappa shape index (κ2) is 6.92. The Bertz CT molecular complexity index is 432. The molecule has 1 aliphatic heterocycles. The molecule has 1 atom stereocenters. The van der Waals surface area contributed by atoms with Crippen LogP contribution in [-0.2, 0) is 9.59 Å². The van der Waals surface area contributed by atoms with Gasteiger partial charge < -0.3 is 5.32 Å². The largest absolute Gasteiger partial charge is 0.302 e. The standard InChI is InChI=1S/C14H21N3O2S/c1-2-3-4-5-8-15-9-11-12(18)16-14(20)17(13(11)19)10-6-7-10/h9-11H,2-8H2,1H3,(H,16,18,20). The molecule has 2 amide bonds. The van der Waals surface area contributed by atoms with Crippen molar-refractivity contribution >= 4 is 35.4 Å². The molecule has 20 heavy (non-hydrogen) atoms. The van der Waals surface area contributed by atoms with Gasteiger partial charge in [-0.3, -0.25) is 19.5 Å². The van der Waals surface area contributed by atoms with Crippen LogP contribution in [0, 0.1) is 5.92 Å². The van der Waals surface area contributed by atoms with E-state index in [2.05, 4.69) is 17.2 Å². The molecule has 0 aromatic rings. The van der Waals surface area contributed by atoms with Crippen molar-refractivity contribution < 1.29 is 9.59 Å². The van der Waals surface area contributed by atoms with Crippen molar-refractivity contribution in [3.05, 3.63) is 0 Å². The van der Waals surface area contributed by atoms with Crippen LogP contribution in [0.1, 0.15) is 45.4 Å². The number of nitrogens with zero attached hydrogens (tertiary/aromatic N) is 2. The Balaban J connectivity index is 1.88. The van der Waals surface area contributed by atoms with Crippen LogP contribution in [0.3, 0.4) is 0 Å². The van der Waals surface area contributed by atoms with E-state index in [0.717, 1.165) is 25.7 Å². The highest BCUT2D eigenvalue weighted by Gasteiger charge is 2.44. The molecule has 0 bridgehead atoms. The third-order valence-corrected chi connectivity index (χ3v) is 3.84. The van der Waals surface area contributed by atoms with E-state index in [1.807, 2.05) is 0 Å². The molecule has 0 aromatic carbocycles. The monoisotopic (exact) mass is 295 g/mol. The first kappa shape index (κ1) is 15.1. The van der Waals surface area contributed by atoms with Gasteiger partial charge in [0.2, 0.25) is 11.8 Å². The summed E-state index contributed by atoms with van der Waals surface area (Å²) in [5.74, 6) is -1.39. The van der Waals surface area contributed by atoms with Gasteiger partial charge in [-0.2, -0.15) is 0 Å². The molecule has 6 heteroatoms. The maximum absolute atomic E-state index is 12.3. The molecule has 1 saturated heterocycles. The van der Waals surface area contributed by atoms with Crippen LogP contribution in [0.25, 0.3) is 0 Å². The van der Waals surface area contributed by atoms with Crippen LogP contribution >= 0.6 is 12.2 Å². The zero-order chi connectivity index (χ0) is 14.5. The number of aliphatic imine (C=N–C) groups is 1. The number of nitrogens with one attached hydrogen (secondary N) is 1. The summed E-state index contributed by atoms with van der Waals surface area (Å²) >= 11 is 5.06. The van der Waals surface area contributed by atoms with Crippen molar-refractivity contribution in [2.75, 3.05) is 6.54 Å². The highest BCUT2D eigenvalue weighted by molar-refractivity contribution is 7.80. The summed E-state index contributed by atoms with van der Waals surface area (Å²) in [4.78, 5) is 29.9. The Hall–Kier alpha value is -1.30. The lowest BCUT2D eigenvalue weighted by Gasteiger charge is -2.30. The van der Waals surface area contributed by atoms with E-state index in [-0.39, 0.29) is 23.0 Å². The van der Waals surface area contributed by atoms with Crippen LogP contribution in [0.2, 0.25) is 0 Å². The van der Waals surface area contributed by atoms with E-state index in [9.17, 15) is 9.59 Å². The van der Waals surface area contributed by atoms with Gasteiger partial charge in [0.05, 0.1) is 0 Å². The first-order chi connectivity index (χ1) is 9.65. The van der Waals surface area contributed by atoms with Crippen molar-refractivity contribution in [3.8, 4) is 0 Å². The van der Waals surface area contributed by atoms with Crippen LogP contribution in [0.5, 0.6) is 0 Å². The summed E-state index contributed by atoms with van der Waals surface area (Å²) in [6.07, 6.45) is 7.92. The van der Waals surface area contributed by atoms with E-state index in [4.69, 9.17) is 12.2 Å². The summed E-state index contributed by atoms with van der Waals surface area (Å²) in [6, 6.07) is 0.177. The van der Waals surface area contributed by atoms with Crippen molar-refractivity contribution in [2.24, 2.45) is 10.9 Å². The molecule has 0 radical (unpaired) electrons. The molecule has 1 N–H and O–H groups in total. The molecule has 1 unspecified atom stereocenters. The third-order valence-electron chi connectivity index (χ3n) is 3.54. The van der Waals surface area contributed by atoms with Gasteiger partial charge in [-0.05, 0) is 31.5 Å². The van der Waals surface area contributed by atoms with Gasteiger partial charge in [0.15, 0.2) is 11.0 Å². The van der Waals surface area contributed by atoms with Gasteiger partial charge in [-0.1, -0.05) is 26.2 Å². The Morgan fingerprint density at radius 2 is 2.10 bits per heavy atom. The molecule has 2 aliphatic rings. The molecule has 0 aromatic heterocycles. The SMILES string of the molecule is CCCCCCN=CC1C(=O)NC(=S)N(C2CC2)C1=O. The maximum atomic E-state index is 12.3. The minimum absolute atomic E-state index is 0.177. The summed E-state index contributed by atoms with van der Waals surface area (Å²) < 4.78 is 0. The molecule has 5 nitrogen and oxygen atoms in total. The highest BCUT2D eigenvalue weighted by atomic mass is 32.1. The average Bonchev–Trinajstić information content (AvgIpc) is 3.21. The van der Waals surface area contributed by atoms with Crippen molar-refractivity contribution in [1.82, 2.24) is 10.2 Å². The predicted octanol–water partition coefficient (Wildman–Crippen LogP) is 1.66. The fourth-order valence-corrected chi connectivity index (χ4v) is 2.56. The quantitative estimate of drug-likeness (QED) is 0.336. The van der Waals surface area contributed by atoms with Gasteiger partial charge in [0.25, 0.3) is 0 Å². The van der Waals surface area contributed by atoms with Crippen molar-refractivity contribution in [3.63, 3.8) is 0 Å². The Kier molecular flexibility index (Phi) is 5.23. The van der Waals surface area contributed by atoms with E-state index in [1.54, 1.807) is 4.90 Å². The summed E-state index contributed by atoms with van der Waals surface area (Å²) in [5, 5.41) is 2.84. The number of rotatable bonds is 7. The van der Waals surface area contributed by atoms with Crippen molar-refractivity contribution in [1.29, 1.82) is 0 Å². The van der Waals surface area contributed by atoms with E-state index in [0.29, 0.717) is 6.54 Å². The lowest BCUT2D eigenvalue weighted by Crippen LogP contribution is -2.58. The molecule has 1 aliphatic carbocycles. The lowest BCUT2D eigenvalue weighted by atomic mass is 10.1. The second-order valence-electron chi connectivity index (χ2n) is 5.33. The van der Waals surface area contributed by atoms with Gasteiger partial charge in [0.1, 0.15) is 0 Å². The minimum Gasteiger partial charge on any atom is -0.302 e. The number of amides is 2. The third kappa shape index (κ3) is 3.62. The zero-order valence-corrected chi connectivity index (χ0v) is 12.6. The summed E-state index contributed by atoms with van der Waals surface area (Å²) in [7, 11) is 0. The predicted molar refractivity (Wildman–Crippen MR) is 81.6 cm³/mol. The molecule has 1 heterocycles. The van der Waals surface area contributed by atoms with Crippen LogP contribution in [0.15, 0.2) is 4.99 Å². The van der Waals surface area contributed by atoms with E-state index in [1.165, 1.54) is 19.1 Å². The van der Waals surface area contributed by atoms with Crippen LogP contribution < -0.4 is 5.32 Å². The first-order valence-corrected chi connectivity index (χ1v) is 7.73. The smallest absolute Gasteiger partial charge is 0.247 e. The zero-order valence-electron chi connectivity index (χ0n) is 11.8. The summed E-state index contributed by atoms with van der Waals surface area (Å²) in [5.41, 5.74) is 0. The van der Waals surface area contributed by atoms with Crippen LogP contribution in [0.4, 0.5) is 0 Å². The lowest BCUT2D eigenvalue weighted by molar-refractivity contribution is -0.138. The Morgan fingerprint density at radius 1 is 1.35 bits per heavy atom. The molecule has 110 valence electrons. The molecule has 2 rings (SSSR count). The average molecular weight is 295 g/mol. The first-order valence-electron chi connectivity index (χ1n) is 7.33. The topological polar surface area (TPSA) is 61.8 Å². The number of hydrogen-bond donors (Lipinski definition) is 1. The van der Waals surface area contributed by atoms with E-state index >= 15 is 0 Å². The Labute approximate surface area is 124 Å². The molecule has 0 spiro atoms. The fraction of sp³-hybridized carbons (Fsp3) is 0.714. The molecular formula is C14H21N3O2S. The normalized spacial score (nSPS) is 23.6. The highest BCUT2D eigenvalue weighted by Crippen LogP contribution is 2.29. The summed E-state index contributed by atoms with van der Waals surface area (Å²) in [6.45, 7) is 2.83. The van der Waals surface area contributed by atoms with E-state index < -0.39 is 5.92 Å². The molecular weight excluding hydrogens is 274 g/mol.